The number of hydrogen-bond donors (Lipinski definition) is 0. The molecule has 2 aromatic heterocycles. The lowest BCUT2D eigenvalue weighted by Crippen LogP contribution is -2.41. The highest BCUT2D eigenvalue weighted by Gasteiger charge is 2.26. The number of nitrogens with zero attached hydrogens (tertiary/aromatic N) is 2. The van der Waals surface area contributed by atoms with Gasteiger partial charge in [0.2, 0.25) is 0 Å². The number of thioether (sulfide) groups is 2. The molecule has 1 aromatic carbocycles. The van der Waals surface area contributed by atoms with E-state index in [1.165, 1.54) is 5.56 Å². The van der Waals surface area contributed by atoms with Crippen LogP contribution in [0.3, 0.4) is 0 Å². The van der Waals surface area contributed by atoms with E-state index in [1.54, 1.807) is 4.40 Å². The molecule has 0 spiro atoms. The predicted octanol–water partition coefficient (Wildman–Crippen LogP) is 3.88. The molecule has 1 aliphatic heterocycles. The van der Waals surface area contributed by atoms with Gasteiger partial charge in [-0.3, -0.25) is 0 Å². The molecule has 0 saturated carbocycles. The molecule has 0 radical (unpaired) electrons. The van der Waals surface area contributed by atoms with Crippen LogP contribution in [0, 0.1) is 0 Å². The van der Waals surface area contributed by atoms with E-state index in [2.05, 4.69) is 51.0 Å². The fourth-order valence-corrected chi connectivity index (χ4v) is 5.99. The first-order chi connectivity index (χ1) is 11.7. The van der Waals surface area contributed by atoms with Gasteiger partial charge in [-0.05, 0) is 23.8 Å². The number of fused-ring (bicyclic) bond motifs is 1. The smallest absolute Gasteiger partial charge is 0.240 e. The van der Waals surface area contributed by atoms with Crippen LogP contribution in [-0.4, -0.2) is 15.9 Å². The van der Waals surface area contributed by atoms with Crippen molar-refractivity contribution in [1.82, 2.24) is 4.40 Å². The van der Waals surface area contributed by atoms with E-state index in [0.717, 1.165) is 33.7 Å². The summed E-state index contributed by atoms with van der Waals surface area (Å²) in [4.78, 5) is 12.9. The molecular weight excluding hydrogens is 404 g/mol. The third-order valence-electron chi connectivity index (χ3n) is 4.04. The van der Waals surface area contributed by atoms with Gasteiger partial charge < -0.3 is 0 Å². The number of benzene rings is 1. The number of halogens is 1. The second-order valence-corrected chi connectivity index (χ2v) is 9.29. The maximum absolute atomic E-state index is 12.9. The number of pyridine rings is 1. The summed E-state index contributed by atoms with van der Waals surface area (Å²) in [5.41, 5.74) is 3.13. The molecule has 1 saturated heterocycles. The number of aromatic nitrogens is 2. The highest BCUT2D eigenvalue weighted by molar-refractivity contribution is 9.10. The normalized spacial score (nSPS) is 15.2. The largest absolute Gasteiger partial charge is 0.347 e. The zero-order valence-electron chi connectivity index (χ0n) is 12.9. The Labute approximate surface area is 157 Å². The van der Waals surface area contributed by atoms with Crippen molar-refractivity contribution in [2.24, 2.45) is 0 Å². The molecule has 1 aliphatic rings. The number of rotatable bonds is 3. The minimum Gasteiger partial charge on any atom is -0.240 e. The standard InChI is InChI=1S/C18H16BrN2OS2/c19-14-6-4-13(5-7-14)11-20-12-15(18-23-9-10-24-18)17(22)21-8-2-1-3-16(20)21/h1-8,12,18H,9-11H2/q+1. The minimum absolute atomic E-state index is 0.101. The summed E-state index contributed by atoms with van der Waals surface area (Å²) in [6, 6.07) is 14.2. The Morgan fingerprint density at radius 3 is 2.62 bits per heavy atom. The van der Waals surface area contributed by atoms with Gasteiger partial charge in [-0.15, -0.1) is 23.5 Å². The summed E-state index contributed by atoms with van der Waals surface area (Å²) in [6.07, 6.45) is 3.92. The van der Waals surface area contributed by atoms with E-state index in [0.29, 0.717) is 0 Å². The summed E-state index contributed by atoms with van der Waals surface area (Å²) in [6.45, 7) is 0.746. The van der Waals surface area contributed by atoms with Gasteiger partial charge in [0, 0.05) is 22.0 Å². The van der Waals surface area contributed by atoms with Crippen molar-refractivity contribution < 1.29 is 4.57 Å². The van der Waals surface area contributed by atoms with E-state index >= 15 is 0 Å². The van der Waals surface area contributed by atoms with Crippen molar-refractivity contribution >= 4 is 45.1 Å². The Balaban J connectivity index is 1.85. The van der Waals surface area contributed by atoms with E-state index < -0.39 is 0 Å². The quantitative estimate of drug-likeness (QED) is 0.602. The highest BCUT2D eigenvalue weighted by atomic mass is 79.9. The first kappa shape index (κ1) is 16.2. The van der Waals surface area contributed by atoms with Crippen LogP contribution in [-0.2, 0) is 6.54 Å². The summed E-state index contributed by atoms with van der Waals surface area (Å²) in [7, 11) is 0. The van der Waals surface area contributed by atoms with E-state index in [1.807, 2.05) is 47.9 Å². The summed E-state index contributed by atoms with van der Waals surface area (Å²) < 4.78 is 5.27. The van der Waals surface area contributed by atoms with Crippen LogP contribution in [0.5, 0.6) is 0 Å². The van der Waals surface area contributed by atoms with Crippen LogP contribution >= 0.6 is 39.5 Å². The first-order valence-electron chi connectivity index (χ1n) is 7.74. The van der Waals surface area contributed by atoms with Crippen LogP contribution in [0.1, 0.15) is 15.7 Å². The topological polar surface area (TPSA) is 25.4 Å². The van der Waals surface area contributed by atoms with Gasteiger partial charge in [-0.2, -0.15) is 4.40 Å². The van der Waals surface area contributed by atoms with Crippen LogP contribution in [0.4, 0.5) is 0 Å². The zero-order chi connectivity index (χ0) is 16.5. The van der Waals surface area contributed by atoms with Gasteiger partial charge in [-0.25, -0.2) is 9.36 Å². The monoisotopic (exact) mass is 419 g/mol. The second-order valence-electron chi connectivity index (χ2n) is 5.65. The Morgan fingerprint density at radius 2 is 1.88 bits per heavy atom. The Morgan fingerprint density at radius 1 is 1.12 bits per heavy atom. The molecule has 6 heteroatoms. The third-order valence-corrected chi connectivity index (χ3v) is 7.63. The van der Waals surface area contributed by atoms with Crippen LogP contribution in [0.2, 0.25) is 0 Å². The van der Waals surface area contributed by atoms with Crippen molar-refractivity contribution in [2.75, 3.05) is 11.5 Å². The molecule has 0 atom stereocenters. The average Bonchev–Trinajstić information content (AvgIpc) is 3.14. The van der Waals surface area contributed by atoms with E-state index in [9.17, 15) is 4.79 Å². The van der Waals surface area contributed by atoms with Crippen molar-refractivity contribution in [3.8, 4) is 0 Å². The average molecular weight is 420 g/mol. The van der Waals surface area contributed by atoms with Gasteiger partial charge in [0.05, 0.1) is 10.8 Å². The Kier molecular flexibility index (Phi) is 4.70. The molecule has 4 rings (SSSR count). The molecule has 3 aromatic rings. The molecule has 122 valence electrons. The van der Waals surface area contributed by atoms with Crippen LogP contribution in [0.25, 0.3) is 5.65 Å². The highest BCUT2D eigenvalue weighted by Crippen LogP contribution is 2.43. The lowest BCUT2D eigenvalue weighted by Gasteiger charge is -2.10. The summed E-state index contributed by atoms with van der Waals surface area (Å²) >= 11 is 7.21. The summed E-state index contributed by atoms with van der Waals surface area (Å²) in [5.74, 6) is 2.22. The van der Waals surface area contributed by atoms with Crippen molar-refractivity contribution in [3.63, 3.8) is 0 Å². The fourth-order valence-electron chi connectivity index (χ4n) is 2.88. The maximum Gasteiger partial charge on any atom is 0.347 e. The summed E-state index contributed by atoms with van der Waals surface area (Å²) in [5, 5.41) is 0. The SMILES string of the molecule is O=c1c(C2SCCS2)c[n+](Cc2ccc(Br)cc2)c2ccccn12. The van der Waals surface area contributed by atoms with Crippen molar-refractivity contribution in [1.29, 1.82) is 0 Å². The van der Waals surface area contributed by atoms with Gasteiger partial charge in [0.25, 0.3) is 5.65 Å². The van der Waals surface area contributed by atoms with Crippen molar-refractivity contribution in [2.45, 2.75) is 11.1 Å². The van der Waals surface area contributed by atoms with Gasteiger partial charge in [0.15, 0.2) is 0 Å². The Hall–Kier alpha value is -1.24. The molecule has 1 fully saturated rings. The third kappa shape index (κ3) is 3.15. The minimum atomic E-state index is 0.101. The lowest BCUT2D eigenvalue weighted by molar-refractivity contribution is -0.666. The van der Waals surface area contributed by atoms with Gasteiger partial charge in [-0.1, -0.05) is 34.1 Å². The van der Waals surface area contributed by atoms with Crippen LogP contribution in [0.15, 0.2) is 64.1 Å². The molecule has 0 unspecified atom stereocenters. The molecule has 3 heterocycles. The van der Waals surface area contributed by atoms with E-state index in [-0.39, 0.29) is 10.1 Å². The molecule has 0 N–H and O–H groups in total. The molecular formula is C18H16BrN2OS2+. The Bertz CT molecular complexity index is 934. The molecule has 24 heavy (non-hydrogen) atoms. The molecule has 0 amide bonds. The zero-order valence-corrected chi connectivity index (χ0v) is 16.1. The second kappa shape index (κ2) is 6.94. The van der Waals surface area contributed by atoms with Gasteiger partial charge >= 0.3 is 5.56 Å². The van der Waals surface area contributed by atoms with E-state index in [4.69, 9.17) is 0 Å². The maximum atomic E-state index is 12.9. The number of hydrogen-bond acceptors (Lipinski definition) is 3. The molecule has 0 aliphatic carbocycles. The molecule has 0 bridgehead atoms. The first-order valence-corrected chi connectivity index (χ1v) is 10.6. The predicted molar refractivity (Wildman–Crippen MR) is 105 cm³/mol. The van der Waals surface area contributed by atoms with Crippen molar-refractivity contribution in [3.05, 3.63) is 80.8 Å². The van der Waals surface area contributed by atoms with Gasteiger partial charge in [0.1, 0.15) is 18.3 Å². The lowest BCUT2D eigenvalue weighted by atomic mass is 10.2. The fraction of sp³-hybridized carbons (Fsp3) is 0.222. The molecule has 3 nitrogen and oxygen atoms in total. The van der Waals surface area contributed by atoms with Crippen LogP contribution < -0.4 is 10.1 Å².